The number of piperidine rings is 1. The van der Waals surface area contributed by atoms with Gasteiger partial charge in [0.25, 0.3) is 0 Å². The highest BCUT2D eigenvalue weighted by atomic mass is 19.4. The van der Waals surface area contributed by atoms with Crippen LogP contribution in [0.2, 0.25) is 0 Å². The monoisotopic (exact) mass is 657 g/mol. The van der Waals surface area contributed by atoms with Gasteiger partial charge in [0.2, 0.25) is 11.9 Å². The van der Waals surface area contributed by atoms with E-state index in [-0.39, 0.29) is 49.0 Å². The van der Waals surface area contributed by atoms with E-state index in [0.717, 1.165) is 12.1 Å². The summed E-state index contributed by atoms with van der Waals surface area (Å²) < 4.78 is 105. The number of aromatic nitrogens is 2. The standard InChI is InChI=1S/C31H34F7N5O3/c1-3-46-26(44)22-11-14-41(15-12-22)25-17-24(30(32,33)34)10-9-23(25)19-42-16-13-39-28(42)40-27(45)29(2,31(35,36)37)20-43(38)18-21-7-5-4-6-8-21/h4-10,13,16-17,22H,3,11-12,14-15,18-20H2,1-2H3,(H,39,40,45). The van der Waals surface area contributed by atoms with Gasteiger partial charge in [0, 0.05) is 31.2 Å². The van der Waals surface area contributed by atoms with Crippen LogP contribution in [0, 0.1) is 11.3 Å². The Morgan fingerprint density at radius 3 is 2.33 bits per heavy atom. The number of anilines is 2. The molecule has 3 aromatic rings. The normalized spacial score (nSPS) is 15.9. The number of carbonyl (C=O) groups excluding carboxylic acids is 2. The van der Waals surface area contributed by atoms with Crippen molar-refractivity contribution < 1.29 is 45.1 Å². The molecule has 1 amide bonds. The van der Waals surface area contributed by atoms with Gasteiger partial charge in [-0.05, 0) is 49.9 Å². The SMILES string of the molecule is CCOC(=O)C1CCN(c2cc(C(F)(F)F)ccc2Cn2ccnc2NC(=O)C(C)(CN(F)Cc2ccccc2)C(F)(F)F)CC1. The van der Waals surface area contributed by atoms with Crippen LogP contribution < -0.4 is 10.2 Å². The quantitative estimate of drug-likeness (QED) is 0.142. The lowest BCUT2D eigenvalue weighted by atomic mass is 9.88. The molecule has 4 rings (SSSR count). The zero-order valence-corrected chi connectivity index (χ0v) is 25.2. The van der Waals surface area contributed by atoms with Gasteiger partial charge >= 0.3 is 18.3 Å². The molecule has 1 N–H and O–H groups in total. The lowest BCUT2D eigenvalue weighted by Gasteiger charge is -2.34. The number of hydrogen-bond acceptors (Lipinski definition) is 6. The number of nitrogens with one attached hydrogen (secondary N) is 1. The Morgan fingerprint density at radius 1 is 1.04 bits per heavy atom. The van der Waals surface area contributed by atoms with Crippen LogP contribution in [0.5, 0.6) is 0 Å². The van der Waals surface area contributed by atoms with Crippen molar-refractivity contribution in [1.82, 2.24) is 14.7 Å². The smallest absolute Gasteiger partial charge is 0.416 e. The fourth-order valence-electron chi connectivity index (χ4n) is 5.24. The Labute approximate surface area is 261 Å². The summed E-state index contributed by atoms with van der Waals surface area (Å²) in [5.41, 5.74) is -3.09. The second-order valence-electron chi connectivity index (χ2n) is 11.3. The molecule has 0 aliphatic carbocycles. The molecule has 8 nitrogen and oxygen atoms in total. The molecular formula is C31H34F7N5O3. The van der Waals surface area contributed by atoms with Gasteiger partial charge in [-0.2, -0.15) is 26.3 Å². The Balaban J connectivity index is 1.55. The molecule has 1 saturated heterocycles. The van der Waals surface area contributed by atoms with Crippen LogP contribution in [0.4, 0.5) is 42.5 Å². The van der Waals surface area contributed by atoms with Crippen molar-refractivity contribution >= 4 is 23.5 Å². The number of alkyl halides is 6. The van der Waals surface area contributed by atoms with Crippen molar-refractivity contribution in [3.8, 4) is 0 Å². The first kappa shape index (κ1) is 34.7. The molecule has 1 atom stereocenters. The molecule has 15 heteroatoms. The lowest BCUT2D eigenvalue weighted by molar-refractivity contribution is -0.227. The molecule has 1 aromatic heterocycles. The molecule has 250 valence electrons. The summed E-state index contributed by atoms with van der Waals surface area (Å²) in [5, 5.41) is 2.06. The topological polar surface area (TPSA) is 79.7 Å². The number of hydrogen-bond donors (Lipinski definition) is 1. The number of ether oxygens (including phenoxy) is 1. The summed E-state index contributed by atoms with van der Waals surface area (Å²) >= 11 is 0. The number of esters is 1. The van der Waals surface area contributed by atoms with E-state index < -0.39 is 48.2 Å². The molecule has 0 saturated carbocycles. The highest BCUT2D eigenvalue weighted by molar-refractivity contribution is 5.94. The Kier molecular flexibility index (Phi) is 10.6. The van der Waals surface area contributed by atoms with Gasteiger partial charge < -0.3 is 14.2 Å². The molecule has 1 aliphatic rings. The number of benzene rings is 2. The first-order valence-electron chi connectivity index (χ1n) is 14.6. The largest absolute Gasteiger partial charge is 0.466 e. The number of halogens is 7. The zero-order chi connectivity index (χ0) is 33.7. The number of amides is 1. The van der Waals surface area contributed by atoms with Gasteiger partial charge in [-0.25, -0.2) is 4.98 Å². The predicted octanol–water partition coefficient (Wildman–Crippen LogP) is 6.62. The van der Waals surface area contributed by atoms with E-state index in [9.17, 15) is 40.4 Å². The Hall–Kier alpha value is -4.14. The summed E-state index contributed by atoms with van der Waals surface area (Å²) in [4.78, 5) is 31.0. The maximum absolute atomic E-state index is 14.8. The van der Waals surface area contributed by atoms with Gasteiger partial charge in [0.1, 0.15) is 0 Å². The van der Waals surface area contributed by atoms with Gasteiger partial charge in [-0.3, -0.25) is 14.9 Å². The average Bonchev–Trinajstić information content (AvgIpc) is 3.43. The molecule has 1 fully saturated rings. The summed E-state index contributed by atoms with van der Waals surface area (Å²) in [6.45, 7) is 1.05. The molecule has 0 bridgehead atoms. The van der Waals surface area contributed by atoms with Crippen molar-refractivity contribution in [3.63, 3.8) is 0 Å². The predicted molar refractivity (Wildman–Crippen MR) is 155 cm³/mol. The third-order valence-corrected chi connectivity index (χ3v) is 7.96. The van der Waals surface area contributed by atoms with E-state index in [0.29, 0.717) is 30.9 Å². The van der Waals surface area contributed by atoms with Crippen LogP contribution in [0.3, 0.4) is 0 Å². The molecule has 2 aromatic carbocycles. The van der Waals surface area contributed by atoms with E-state index in [1.165, 1.54) is 35.2 Å². The van der Waals surface area contributed by atoms with Crippen molar-refractivity contribution in [1.29, 1.82) is 0 Å². The van der Waals surface area contributed by atoms with Crippen molar-refractivity contribution in [2.75, 3.05) is 36.5 Å². The first-order chi connectivity index (χ1) is 21.6. The fourth-order valence-corrected chi connectivity index (χ4v) is 5.24. The summed E-state index contributed by atoms with van der Waals surface area (Å²) in [6, 6.07) is 11.1. The second-order valence-corrected chi connectivity index (χ2v) is 11.3. The Morgan fingerprint density at radius 2 is 1.72 bits per heavy atom. The molecule has 1 unspecified atom stereocenters. The van der Waals surface area contributed by atoms with E-state index in [1.807, 2.05) is 0 Å². The van der Waals surface area contributed by atoms with E-state index in [4.69, 9.17) is 4.74 Å². The third kappa shape index (κ3) is 8.17. The number of rotatable bonds is 11. The maximum atomic E-state index is 14.8. The lowest BCUT2D eigenvalue weighted by Crippen LogP contribution is -2.51. The number of imidazole rings is 1. The van der Waals surface area contributed by atoms with Crippen LogP contribution in [0.15, 0.2) is 60.9 Å². The first-order valence-corrected chi connectivity index (χ1v) is 14.6. The van der Waals surface area contributed by atoms with Crippen LogP contribution in [-0.4, -0.2) is 59.0 Å². The number of nitrogens with zero attached hydrogens (tertiary/aromatic N) is 4. The minimum atomic E-state index is -5.15. The highest BCUT2D eigenvalue weighted by Crippen LogP contribution is 2.40. The van der Waals surface area contributed by atoms with Gasteiger partial charge in [0.05, 0.1) is 37.7 Å². The van der Waals surface area contributed by atoms with Crippen molar-refractivity contribution in [2.45, 2.75) is 52.1 Å². The molecule has 0 spiro atoms. The molecule has 1 aliphatic heterocycles. The summed E-state index contributed by atoms with van der Waals surface area (Å²) in [7, 11) is 0. The van der Waals surface area contributed by atoms with Gasteiger partial charge in [-0.1, -0.05) is 36.4 Å². The van der Waals surface area contributed by atoms with E-state index in [2.05, 4.69) is 10.3 Å². The maximum Gasteiger partial charge on any atom is 0.416 e. The molecular weight excluding hydrogens is 623 g/mol. The summed E-state index contributed by atoms with van der Waals surface area (Å²) in [6.07, 6.45) is -6.51. The molecule has 46 heavy (non-hydrogen) atoms. The Bertz CT molecular complexity index is 1490. The molecule has 2 heterocycles. The van der Waals surface area contributed by atoms with Crippen LogP contribution >= 0.6 is 0 Å². The third-order valence-electron chi connectivity index (χ3n) is 7.96. The van der Waals surface area contributed by atoms with Gasteiger partial charge in [-0.15, -0.1) is 9.60 Å². The van der Waals surface area contributed by atoms with Crippen LogP contribution in [-0.2, 0) is 33.6 Å². The number of carbonyl (C=O) groups is 2. The highest BCUT2D eigenvalue weighted by Gasteiger charge is 2.58. The van der Waals surface area contributed by atoms with Crippen molar-refractivity contribution in [2.24, 2.45) is 11.3 Å². The van der Waals surface area contributed by atoms with Gasteiger partial charge in [0.15, 0.2) is 5.41 Å². The minimum absolute atomic E-state index is 0.0888. The van der Waals surface area contributed by atoms with Crippen molar-refractivity contribution in [3.05, 3.63) is 77.6 Å². The minimum Gasteiger partial charge on any atom is -0.466 e. The van der Waals surface area contributed by atoms with Crippen LogP contribution in [0.25, 0.3) is 0 Å². The average molecular weight is 658 g/mol. The van der Waals surface area contributed by atoms with E-state index in [1.54, 1.807) is 30.0 Å². The summed E-state index contributed by atoms with van der Waals surface area (Å²) in [5.74, 6) is -2.62. The molecule has 0 radical (unpaired) electrons. The van der Waals surface area contributed by atoms with Crippen LogP contribution in [0.1, 0.15) is 43.4 Å². The second kappa shape index (κ2) is 14.1. The van der Waals surface area contributed by atoms with E-state index >= 15 is 0 Å². The zero-order valence-electron chi connectivity index (χ0n) is 25.2. The fraction of sp³-hybridized carbons (Fsp3) is 0.452.